The molecule has 4 aromatic carbocycles. The van der Waals surface area contributed by atoms with Crippen LogP contribution in [0.1, 0.15) is 44.8 Å². The number of nitrogens with one attached hydrogen (secondary N) is 2. The summed E-state index contributed by atoms with van der Waals surface area (Å²) in [6.07, 6.45) is 1.55. The van der Waals surface area contributed by atoms with Gasteiger partial charge in [0.2, 0.25) is 0 Å². The summed E-state index contributed by atoms with van der Waals surface area (Å²) in [5, 5.41) is 8.13. The monoisotopic (exact) mass is 736 g/mol. The number of benzene rings is 4. The second kappa shape index (κ2) is 16.3. The third-order valence-electron chi connectivity index (χ3n) is 9.74. The van der Waals surface area contributed by atoms with Gasteiger partial charge in [0.05, 0.1) is 31.6 Å². The van der Waals surface area contributed by atoms with E-state index in [1.54, 1.807) is 16.5 Å². The second-order valence-electron chi connectivity index (χ2n) is 13.4. The summed E-state index contributed by atoms with van der Waals surface area (Å²) in [6.45, 7) is 6.06. The van der Waals surface area contributed by atoms with Gasteiger partial charge >= 0.3 is 0 Å². The highest BCUT2D eigenvalue weighted by Gasteiger charge is 2.24. The molecule has 0 aliphatic carbocycles. The van der Waals surface area contributed by atoms with Crippen molar-refractivity contribution < 1.29 is 4.74 Å². The Bertz CT molecular complexity index is 2220. The molecule has 0 unspecified atom stereocenters. The molecule has 8 rings (SSSR count). The topological polar surface area (TPSA) is 91.3 Å². The molecular formula is C41H42Cl2N6O3. The number of H-pyrrole nitrogens is 2. The molecule has 0 fully saturated rings. The van der Waals surface area contributed by atoms with E-state index in [0.29, 0.717) is 13.1 Å². The molecule has 268 valence electrons. The number of halogens is 2. The molecule has 9 nitrogen and oxygen atoms in total. The summed E-state index contributed by atoms with van der Waals surface area (Å²) in [6, 6.07) is 33.7. The predicted octanol–water partition coefficient (Wildman–Crippen LogP) is 6.88. The molecule has 11 heteroatoms. The average Bonchev–Trinajstić information content (AvgIpc) is 3.64. The van der Waals surface area contributed by atoms with Crippen LogP contribution in [0.25, 0.3) is 0 Å². The van der Waals surface area contributed by atoms with E-state index in [4.69, 9.17) is 27.9 Å². The van der Waals surface area contributed by atoms with E-state index in [2.05, 4.69) is 32.1 Å². The maximum atomic E-state index is 12.8. The largest absolute Gasteiger partial charge is 0.496 e. The Kier molecular flexibility index (Phi) is 11.1. The second-order valence-corrected chi connectivity index (χ2v) is 14.3. The zero-order valence-corrected chi connectivity index (χ0v) is 30.7. The third kappa shape index (κ3) is 8.45. The van der Waals surface area contributed by atoms with Crippen LogP contribution in [0.15, 0.2) is 113 Å². The van der Waals surface area contributed by atoms with Gasteiger partial charge in [-0.3, -0.25) is 29.6 Å². The lowest BCUT2D eigenvalue weighted by atomic mass is 10.1. The van der Waals surface area contributed by atoms with Crippen LogP contribution in [0.4, 0.5) is 0 Å². The summed E-state index contributed by atoms with van der Waals surface area (Å²) >= 11 is 11.9. The Morgan fingerprint density at radius 1 is 0.577 bits per heavy atom. The number of hydrogen-bond acceptors (Lipinski definition) is 5. The van der Waals surface area contributed by atoms with Crippen LogP contribution in [0, 0.1) is 0 Å². The fourth-order valence-corrected chi connectivity index (χ4v) is 7.28. The first-order valence-electron chi connectivity index (χ1n) is 17.5. The van der Waals surface area contributed by atoms with Crippen molar-refractivity contribution >= 4 is 23.2 Å². The maximum Gasteiger partial charge on any atom is 0.270 e. The van der Waals surface area contributed by atoms with E-state index in [-0.39, 0.29) is 11.1 Å². The van der Waals surface area contributed by atoms with Crippen molar-refractivity contribution in [3.63, 3.8) is 0 Å². The van der Waals surface area contributed by atoms with Crippen LogP contribution in [0.2, 0.25) is 10.0 Å². The van der Waals surface area contributed by atoms with E-state index in [9.17, 15) is 9.59 Å². The van der Waals surface area contributed by atoms with Gasteiger partial charge in [0.25, 0.3) is 11.1 Å². The van der Waals surface area contributed by atoms with Gasteiger partial charge in [-0.05, 0) is 59.9 Å². The standard InChI is InChI=1S/C21H22ClN3O2.C20H20ClN3O/c1-27-20-5-3-2-4-16(20)13-25-21(26)18-10-11-24(14-19(18)23-25)12-15-6-8-17(22)9-7-15;21-17-8-6-16(7-9-17)12-23-11-10-18-19(14-23)22-24(20(18)25)13-15-4-2-1-3-5-15/h2-9,23H,10-14H2,1H3;1-9,22H,10-14H2. The number of hydrogen-bond donors (Lipinski definition) is 2. The van der Waals surface area contributed by atoms with Crippen molar-refractivity contribution in [1.82, 2.24) is 29.4 Å². The molecule has 0 saturated heterocycles. The van der Waals surface area contributed by atoms with Crippen molar-refractivity contribution in [2.45, 2.75) is 52.1 Å². The van der Waals surface area contributed by atoms with E-state index in [1.165, 1.54) is 11.1 Å². The molecule has 0 spiro atoms. The Balaban J connectivity index is 0.000000162. The van der Waals surface area contributed by atoms with E-state index < -0.39 is 0 Å². The van der Waals surface area contributed by atoms with E-state index in [1.807, 2.05) is 91.0 Å². The number of methoxy groups -OCH3 is 1. The fourth-order valence-electron chi connectivity index (χ4n) is 7.03. The Labute approximate surface area is 313 Å². The van der Waals surface area contributed by atoms with Gasteiger partial charge in [-0.25, -0.2) is 9.36 Å². The first-order chi connectivity index (χ1) is 25.3. The Morgan fingerprint density at radius 3 is 1.56 bits per heavy atom. The summed E-state index contributed by atoms with van der Waals surface area (Å²) in [7, 11) is 1.65. The normalized spacial score (nSPS) is 14.3. The summed E-state index contributed by atoms with van der Waals surface area (Å²) in [5.41, 5.74) is 8.64. The number of aromatic amines is 2. The van der Waals surface area contributed by atoms with Crippen molar-refractivity contribution in [3.05, 3.63) is 179 Å². The zero-order chi connectivity index (χ0) is 36.0. The highest BCUT2D eigenvalue weighted by molar-refractivity contribution is 6.30. The molecule has 2 aliphatic heterocycles. The lowest BCUT2D eigenvalue weighted by Gasteiger charge is -2.25. The van der Waals surface area contributed by atoms with Crippen LogP contribution in [-0.2, 0) is 52.1 Å². The van der Waals surface area contributed by atoms with Crippen LogP contribution in [0.5, 0.6) is 5.75 Å². The minimum absolute atomic E-state index is 0.0713. The lowest BCUT2D eigenvalue weighted by Crippen LogP contribution is -2.31. The van der Waals surface area contributed by atoms with Gasteiger partial charge in [0, 0.05) is 66.0 Å². The molecule has 2 aliphatic rings. The predicted molar refractivity (Wildman–Crippen MR) is 206 cm³/mol. The quantitative estimate of drug-likeness (QED) is 0.169. The van der Waals surface area contributed by atoms with Gasteiger partial charge in [-0.15, -0.1) is 0 Å². The van der Waals surface area contributed by atoms with Gasteiger partial charge in [-0.1, -0.05) is 96.0 Å². The number of aromatic nitrogens is 4. The minimum Gasteiger partial charge on any atom is -0.496 e. The average molecular weight is 738 g/mol. The Hall–Kier alpha value is -4.80. The van der Waals surface area contributed by atoms with Crippen LogP contribution in [-0.4, -0.2) is 49.6 Å². The third-order valence-corrected chi connectivity index (χ3v) is 10.2. The van der Waals surface area contributed by atoms with Gasteiger partial charge in [0.1, 0.15) is 5.75 Å². The van der Waals surface area contributed by atoms with Crippen LogP contribution < -0.4 is 15.9 Å². The fraction of sp³-hybridized carbons (Fsp3) is 0.268. The first-order valence-corrected chi connectivity index (χ1v) is 18.3. The van der Waals surface area contributed by atoms with Crippen LogP contribution >= 0.6 is 23.2 Å². The van der Waals surface area contributed by atoms with Crippen molar-refractivity contribution in [2.24, 2.45) is 0 Å². The first kappa shape index (κ1) is 35.6. The number of nitrogens with zero attached hydrogens (tertiary/aromatic N) is 4. The summed E-state index contributed by atoms with van der Waals surface area (Å²) in [5.74, 6) is 0.793. The molecule has 0 saturated carbocycles. The summed E-state index contributed by atoms with van der Waals surface area (Å²) < 4.78 is 8.82. The molecule has 0 radical (unpaired) electrons. The van der Waals surface area contributed by atoms with E-state index in [0.717, 1.165) is 102 Å². The highest BCUT2D eigenvalue weighted by atomic mass is 35.5. The molecule has 6 aromatic rings. The number of para-hydroxylation sites is 1. The summed E-state index contributed by atoms with van der Waals surface area (Å²) in [4.78, 5) is 30.1. The SMILES string of the molecule is COc1ccccc1Cn1[nH]c2c(c1=O)CCN(Cc1ccc(Cl)cc1)C2.O=c1c2c([nH]n1Cc1ccccc1)CN(Cc1ccc(Cl)cc1)CC2. The lowest BCUT2D eigenvalue weighted by molar-refractivity contribution is 0.242. The van der Waals surface area contributed by atoms with E-state index >= 15 is 0 Å². The maximum absolute atomic E-state index is 12.8. The molecule has 52 heavy (non-hydrogen) atoms. The van der Waals surface area contributed by atoms with Gasteiger partial charge in [-0.2, -0.15) is 0 Å². The molecule has 4 heterocycles. The molecule has 0 atom stereocenters. The van der Waals surface area contributed by atoms with Gasteiger partial charge < -0.3 is 4.74 Å². The van der Waals surface area contributed by atoms with Crippen molar-refractivity contribution in [2.75, 3.05) is 20.2 Å². The molecule has 0 bridgehead atoms. The Morgan fingerprint density at radius 2 is 1.04 bits per heavy atom. The molecular weight excluding hydrogens is 695 g/mol. The number of ether oxygens (including phenoxy) is 1. The smallest absolute Gasteiger partial charge is 0.270 e. The molecule has 0 amide bonds. The van der Waals surface area contributed by atoms with Crippen molar-refractivity contribution in [3.8, 4) is 5.75 Å². The van der Waals surface area contributed by atoms with Crippen LogP contribution in [0.3, 0.4) is 0 Å². The minimum atomic E-state index is 0.0713. The number of rotatable bonds is 9. The van der Waals surface area contributed by atoms with Gasteiger partial charge in [0.15, 0.2) is 0 Å². The number of fused-ring (bicyclic) bond motifs is 2. The zero-order valence-electron chi connectivity index (χ0n) is 29.2. The van der Waals surface area contributed by atoms with Crippen molar-refractivity contribution in [1.29, 1.82) is 0 Å². The molecule has 2 aromatic heterocycles. The molecule has 2 N–H and O–H groups in total. The highest BCUT2D eigenvalue weighted by Crippen LogP contribution is 2.22.